The first-order valence-electron chi connectivity index (χ1n) is 12.1. The number of allylic oxidation sites excluding steroid dienone is 2. The van der Waals surface area contributed by atoms with E-state index in [0.717, 1.165) is 60.9 Å². The Labute approximate surface area is 197 Å². The number of rotatable bonds is 13. The number of nitrogens with zero attached hydrogens (tertiary/aromatic N) is 2. The van der Waals surface area contributed by atoms with Gasteiger partial charge in [0.05, 0.1) is 29.0 Å². The van der Waals surface area contributed by atoms with Crippen molar-refractivity contribution in [3.8, 4) is 11.3 Å². The molecule has 1 heterocycles. The van der Waals surface area contributed by atoms with E-state index in [4.69, 9.17) is 4.74 Å². The summed E-state index contributed by atoms with van der Waals surface area (Å²) < 4.78 is 20.5. The average Bonchev–Trinajstić information content (AvgIpc) is 2.82. The van der Waals surface area contributed by atoms with Gasteiger partial charge >= 0.3 is 0 Å². The van der Waals surface area contributed by atoms with Crippen LogP contribution in [0.1, 0.15) is 63.5 Å². The van der Waals surface area contributed by atoms with Crippen LogP contribution >= 0.6 is 0 Å². The third-order valence-corrected chi connectivity index (χ3v) is 5.71. The maximum atomic E-state index is 14.7. The highest BCUT2D eigenvalue weighted by Crippen LogP contribution is 2.23. The van der Waals surface area contributed by atoms with Gasteiger partial charge in [-0.1, -0.05) is 56.2 Å². The lowest BCUT2D eigenvalue weighted by atomic mass is 10.1. The Morgan fingerprint density at radius 2 is 1.97 bits per heavy atom. The summed E-state index contributed by atoms with van der Waals surface area (Å²) in [7, 11) is 0. The molecule has 4 heteroatoms. The molecule has 1 atom stereocenters. The van der Waals surface area contributed by atoms with Crippen molar-refractivity contribution in [2.75, 3.05) is 6.61 Å². The fraction of sp³-hybridized carbons (Fsp3) is 0.379. The summed E-state index contributed by atoms with van der Waals surface area (Å²) in [5, 5.41) is 0. The van der Waals surface area contributed by atoms with Crippen LogP contribution in [0.25, 0.3) is 28.4 Å². The first-order chi connectivity index (χ1) is 16.1. The van der Waals surface area contributed by atoms with E-state index < -0.39 is 0 Å². The van der Waals surface area contributed by atoms with Gasteiger partial charge in [-0.2, -0.15) is 0 Å². The van der Waals surface area contributed by atoms with E-state index >= 15 is 0 Å². The Balaban J connectivity index is 1.55. The minimum absolute atomic E-state index is 0.250. The Bertz CT molecular complexity index is 1080. The van der Waals surface area contributed by atoms with Crippen molar-refractivity contribution in [1.29, 1.82) is 0 Å². The Hall–Kier alpha value is -2.85. The van der Waals surface area contributed by atoms with Gasteiger partial charge in [-0.25, -0.2) is 9.37 Å². The molecule has 0 spiro atoms. The third-order valence-electron chi connectivity index (χ3n) is 5.71. The molecule has 33 heavy (non-hydrogen) atoms. The number of hydrogen-bond donors (Lipinski definition) is 0. The van der Waals surface area contributed by atoms with Crippen molar-refractivity contribution in [2.24, 2.45) is 0 Å². The molecule has 174 valence electrons. The Morgan fingerprint density at radius 1 is 1.09 bits per heavy atom. The maximum Gasteiger partial charge on any atom is 0.131 e. The van der Waals surface area contributed by atoms with Crippen LogP contribution in [0.3, 0.4) is 0 Å². The SMILES string of the molecule is C=CCc1ccc2nc(-c3ccc(C=CCCCC(C)OCCCCC)c(F)c3)cnc2c1. The van der Waals surface area contributed by atoms with Crippen molar-refractivity contribution in [2.45, 2.75) is 64.9 Å². The predicted octanol–water partition coefficient (Wildman–Crippen LogP) is 7.94. The number of aromatic nitrogens is 2. The van der Waals surface area contributed by atoms with Gasteiger partial charge in [0, 0.05) is 17.7 Å². The molecule has 2 aromatic carbocycles. The summed E-state index contributed by atoms with van der Waals surface area (Å²) in [5.74, 6) is -0.250. The molecule has 0 bridgehead atoms. The number of fused-ring (bicyclic) bond motifs is 1. The number of halogens is 1. The van der Waals surface area contributed by atoms with Crippen molar-refractivity contribution in [1.82, 2.24) is 9.97 Å². The number of unbranched alkanes of at least 4 members (excludes halogenated alkanes) is 3. The first kappa shape index (κ1) is 24.8. The molecule has 0 saturated heterocycles. The minimum atomic E-state index is -0.250. The molecule has 0 radical (unpaired) electrons. The van der Waals surface area contributed by atoms with Crippen LogP contribution in [0.2, 0.25) is 0 Å². The Kier molecular flexibility index (Phi) is 9.77. The number of hydrogen-bond acceptors (Lipinski definition) is 3. The average molecular weight is 447 g/mol. The quantitative estimate of drug-likeness (QED) is 0.197. The standard InChI is InChI=1S/C29H35FN2O/c1-4-6-10-18-33-22(3)12-8-7-9-13-24-15-16-25(20-26(24)30)29-21-31-28-19-23(11-5-2)14-17-27(28)32-29/h5,9,13-17,19-22H,2,4,6-8,10-12,18H2,1,3H3. The molecular weight excluding hydrogens is 411 g/mol. The summed E-state index contributed by atoms with van der Waals surface area (Å²) in [6, 6.07) is 11.2. The van der Waals surface area contributed by atoms with Crippen LogP contribution < -0.4 is 0 Å². The molecule has 0 saturated carbocycles. The molecule has 3 aromatic rings. The zero-order chi connectivity index (χ0) is 23.5. The van der Waals surface area contributed by atoms with Crippen LogP contribution in [0.15, 0.2) is 61.3 Å². The predicted molar refractivity (Wildman–Crippen MR) is 137 cm³/mol. The lowest BCUT2D eigenvalue weighted by molar-refractivity contribution is 0.0566. The third kappa shape index (κ3) is 7.61. The highest BCUT2D eigenvalue weighted by Gasteiger charge is 2.07. The molecule has 0 aliphatic rings. The highest BCUT2D eigenvalue weighted by atomic mass is 19.1. The van der Waals surface area contributed by atoms with E-state index in [1.807, 2.05) is 42.5 Å². The normalized spacial score (nSPS) is 12.5. The smallest absolute Gasteiger partial charge is 0.131 e. The number of benzene rings is 2. The molecule has 0 amide bonds. The fourth-order valence-electron chi connectivity index (χ4n) is 3.76. The largest absolute Gasteiger partial charge is 0.379 e. The van der Waals surface area contributed by atoms with Gasteiger partial charge in [0.1, 0.15) is 5.82 Å². The topological polar surface area (TPSA) is 35.0 Å². The second kappa shape index (κ2) is 13.0. The van der Waals surface area contributed by atoms with Gasteiger partial charge < -0.3 is 4.74 Å². The van der Waals surface area contributed by atoms with Gasteiger partial charge in [-0.05, 0) is 62.8 Å². The van der Waals surface area contributed by atoms with E-state index in [2.05, 4.69) is 30.4 Å². The van der Waals surface area contributed by atoms with Gasteiger partial charge in [-0.15, -0.1) is 6.58 Å². The molecule has 1 unspecified atom stereocenters. The summed E-state index contributed by atoms with van der Waals surface area (Å²) in [6.45, 7) is 8.95. The second-order valence-electron chi connectivity index (χ2n) is 8.53. The van der Waals surface area contributed by atoms with Gasteiger partial charge in [0.25, 0.3) is 0 Å². The molecule has 0 aliphatic carbocycles. The van der Waals surface area contributed by atoms with Crippen LogP contribution in [-0.2, 0) is 11.2 Å². The molecule has 1 aromatic heterocycles. The molecular formula is C29H35FN2O. The van der Waals surface area contributed by atoms with Crippen LogP contribution in [0.5, 0.6) is 0 Å². The summed E-state index contributed by atoms with van der Waals surface area (Å²) >= 11 is 0. The van der Waals surface area contributed by atoms with Crippen molar-refractivity contribution >= 4 is 17.1 Å². The zero-order valence-electron chi connectivity index (χ0n) is 19.9. The van der Waals surface area contributed by atoms with E-state index in [-0.39, 0.29) is 11.9 Å². The molecule has 0 fully saturated rings. The monoisotopic (exact) mass is 446 g/mol. The van der Waals surface area contributed by atoms with Crippen molar-refractivity contribution in [3.63, 3.8) is 0 Å². The Morgan fingerprint density at radius 3 is 2.76 bits per heavy atom. The summed E-state index contributed by atoms with van der Waals surface area (Å²) in [5.41, 5.74) is 4.76. The highest BCUT2D eigenvalue weighted by molar-refractivity contribution is 5.78. The summed E-state index contributed by atoms with van der Waals surface area (Å²) in [4.78, 5) is 9.19. The van der Waals surface area contributed by atoms with Gasteiger partial charge in [0.2, 0.25) is 0 Å². The first-order valence-corrected chi connectivity index (χ1v) is 12.1. The zero-order valence-corrected chi connectivity index (χ0v) is 19.9. The van der Waals surface area contributed by atoms with E-state index in [0.29, 0.717) is 11.3 Å². The molecule has 3 rings (SSSR count). The van der Waals surface area contributed by atoms with E-state index in [9.17, 15) is 4.39 Å². The maximum absolute atomic E-state index is 14.7. The van der Waals surface area contributed by atoms with Crippen LogP contribution in [0, 0.1) is 5.82 Å². The molecule has 0 N–H and O–H groups in total. The van der Waals surface area contributed by atoms with Gasteiger partial charge in [-0.3, -0.25) is 4.98 Å². The van der Waals surface area contributed by atoms with Gasteiger partial charge in [0.15, 0.2) is 0 Å². The summed E-state index contributed by atoms with van der Waals surface area (Å²) in [6.07, 6.45) is 15.1. The van der Waals surface area contributed by atoms with E-state index in [1.54, 1.807) is 12.3 Å². The van der Waals surface area contributed by atoms with Crippen molar-refractivity contribution < 1.29 is 9.13 Å². The molecule has 0 aliphatic heterocycles. The second-order valence-corrected chi connectivity index (χ2v) is 8.53. The minimum Gasteiger partial charge on any atom is -0.379 e. The van der Waals surface area contributed by atoms with Crippen molar-refractivity contribution in [3.05, 3.63) is 78.3 Å². The molecule has 3 nitrogen and oxygen atoms in total. The fourth-order valence-corrected chi connectivity index (χ4v) is 3.76. The van der Waals surface area contributed by atoms with Crippen LogP contribution in [-0.4, -0.2) is 22.7 Å². The van der Waals surface area contributed by atoms with Crippen LogP contribution in [0.4, 0.5) is 4.39 Å². The van der Waals surface area contributed by atoms with E-state index in [1.165, 1.54) is 18.9 Å². The number of ether oxygens (including phenoxy) is 1. The lowest BCUT2D eigenvalue weighted by Gasteiger charge is -2.12. The lowest BCUT2D eigenvalue weighted by Crippen LogP contribution is -2.08.